The number of hydrogen-bond donors (Lipinski definition) is 4. The van der Waals surface area contributed by atoms with E-state index >= 15 is 0 Å². The van der Waals surface area contributed by atoms with Crippen molar-refractivity contribution in [3.05, 3.63) is 30.3 Å². The molecule has 2 atom stereocenters. The average Bonchev–Trinajstić information content (AvgIpc) is 3.16. The monoisotopic (exact) mass is 504 g/mol. The van der Waals surface area contributed by atoms with Crippen molar-refractivity contribution < 1.29 is 9.13 Å². The van der Waals surface area contributed by atoms with Gasteiger partial charge in [-0.1, -0.05) is 0 Å². The maximum Gasteiger partial charge on any atom is 0.326 e. The van der Waals surface area contributed by atoms with Gasteiger partial charge in [0.15, 0.2) is 5.75 Å². The second kappa shape index (κ2) is 7.62. The molecule has 5 heterocycles. The van der Waals surface area contributed by atoms with Crippen LogP contribution in [0.15, 0.2) is 24.5 Å². The highest BCUT2D eigenvalue weighted by Crippen LogP contribution is 2.53. The van der Waals surface area contributed by atoms with E-state index in [1.165, 1.54) is 12.1 Å². The van der Waals surface area contributed by atoms with Crippen molar-refractivity contribution in [1.29, 1.82) is 0 Å². The number of nitrogens with two attached hydrogens (primary N) is 2. The van der Waals surface area contributed by atoms with Crippen molar-refractivity contribution in [2.45, 2.75) is 31.3 Å². The first-order valence-electron chi connectivity index (χ1n) is 12.5. The molecule has 12 heteroatoms. The minimum absolute atomic E-state index is 0.131. The molecular formula is C25H29FN10O. The largest absolute Gasteiger partial charge is 0.421 e. The molecule has 1 unspecified atom stereocenters. The maximum absolute atomic E-state index is 14.5. The number of halogens is 1. The van der Waals surface area contributed by atoms with Gasteiger partial charge < -0.3 is 36.3 Å². The molecule has 37 heavy (non-hydrogen) atoms. The highest BCUT2D eigenvalue weighted by atomic mass is 19.1. The van der Waals surface area contributed by atoms with Crippen LogP contribution in [0.25, 0.3) is 21.9 Å². The molecule has 7 rings (SSSR count). The van der Waals surface area contributed by atoms with E-state index < -0.39 is 0 Å². The Balaban J connectivity index is 1.28. The number of rotatable bonds is 5. The number of nitrogens with zero attached hydrogens (tertiary/aromatic N) is 6. The van der Waals surface area contributed by atoms with Crippen LogP contribution >= 0.6 is 0 Å². The summed E-state index contributed by atoms with van der Waals surface area (Å²) in [7, 11) is 1.76. The number of ether oxygens (including phenoxy) is 1. The van der Waals surface area contributed by atoms with Gasteiger partial charge in [-0.15, -0.1) is 0 Å². The Morgan fingerprint density at radius 3 is 2.57 bits per heavy atom. The summed E-state index contributed by atoms with van der Waals surface area (Å²) in [5.74, 6) is 1.40. The SMILES string of the molecule is CNc1cc(F)cc2c1[nH]c1nc(Oc3cnc(N4CC(C)(N)C4)nc3)nc(N3CCC4(C[C@H]4N)C3)c12. The van der Waals surface area contributed by atoms with Gasteiger partial charge in [-0.25, -0.2) is 14.4 Å². The maximum atomic E-state index is 14.5. The Hall–Kier alpha value is -3.77. The molecule has 6 N–H and O–H groups in total. The molecular weight excluding hydrogens is 475 g/mol. The molecule has 192 valence electrons. The van der Waals surface area contributed by atoms with E-state index in [2.05, 4.69) is 30.2 Å². The van der Waals surface area contributed by atoms with E-state index in [4.69, 9.17) is 21.2 Å². The quantitative estimate of drug-likeness (QED) is 0.319. The van der Waals surface area contributed by atoms with Crippen LogP contribution in [0.1, 0.15) is 19.8 Å². The lowest BCUT2D eigenvalue weighted by Crippen LogP contribution is -2.66. The number of H-pyrrole nitrogens is 1. The Labute approximate surface area is 212 Å². The van der Waals surface area contributed by atoms with Gasteiger partial charge in [0.1, 0.15) is 17.3 Å². The molecule has 0 radical (unpaired) electrons. The lowest BCUT2D eigenvalue weighted by Gasteiger charge is -2.45. The molecule has 2 saturated heterocycles. The Morgan fingerprint density at radius 2 is 1.92 bits per heavy atom. The van der Waals surface area contributed by atoms with Gasteiger partial charge in [0.25, 0.3) is 0 Å². The zero-order chi connectivity index (χ0) is 25.5. The zero-order valence-electron chi connectivity index (χ0n) is 20.8. The Bertz CT molecular complexity index is 1530. The van der Waals surface area contributed by atoms with Crippen LogP contribution in [0.5, 0.6) is 11.8 Å². The van der Waals surface area contributed by atoms with Gasteiger partial charge in [-0.3, -0.25) is 0 Å². The third kappa shape index (κ3) is 3.62. The molecule has 2 aliphatic heterocycles. The number of nitrogens with one attached hydrogen (secondary N) is 2. The second-order valence-corrected chi connectivity index (χ2v) is 11.0. The van der Waals surface area contributed by atoms with E-state index in [0.29, 0.717) is 41.9 Å². The summed E-state index contributed by atoms with van der Waals surface area (Å²) in [6.45, 7) is 5.02. The predicted molar refractivity (Wildman–Crippen MR) is 140 cm³/mol. The summed E-state index contributed by atoms with van der Waals surface area (Å²) in [5.41, 5.74) is 14.3. The molecule has 11 nitrogen and oxygen atoms in total. The van der Waals surface area contributed by atoms with Crippen LogP contribution < -0.4 is 31.3 Å². The molecule has 0 bridgehead atoms. The van der Waals surface area contributed by atoms with E-state index in [-0.39, 0.29) is 28.8 Å². The third-order valence-electron chi connectivity index (χ3n) is 7.90. The summed E-state index contributed by atoms with van der Waals surface area (Å²) in [5, 5.41) is 4.55. The number of fused-ring (bicyclic) bond motifs is 3. The van der Waals surface area contributed by atoms with Gasteiger partial charge in [-0.2, -0.15) is 9.97 Å². The fourth-order valence-corrected chi connectivity index (χ4v) is 5.82. The van der Waals surface area contributed by atoms with Crippen LogP contribution in [-0.4, -0.2) is 69.7 Å². The first-order chi connectivity index (χ1) is 17.7. The molecule has 3 aliphatic rings. The normalized spacial score (nSPS) is 24.2. The van der Waals surface area contributed by atoms with Crippen LogP contribution in [0, 0.1) is 11.2 Å². The summed E-state index contributed by atoms with van der Waals surface area (Å²) in [6, 6.07) is 3.35. The summed E-state index contributed by atoms with van der Waals surface area (Å²) in [6.07, 6.45) is 5.23. The van der Waals surface area contributed by atoms with Crippen molar-refractivity contribution in [3.63, 3.8) is 0 Å². The number of aromatic nitrogens is 5. The second-order valence-electron chi connectivity index (χ2n) is 11.0. The van der Waals surface area contributed by atoms with Gasteiger partial charge in [0, 0.05) is 55.6 Å². The van der Waals surface area contributed by atoms with Crippen LogP contribution in [0.4, 0.5) is 21.8 Å². The van der Waals surface area contributed by atoms with Crippen molar-refractivity contribution in [2.24, 2.45) is 16.9 Å². The molecule has 1 aliphatic carbocycles. The number of hydrogen-bond acceptors (Lipinski definition) is 10. The van der Waals surface area contributed by atoms with E-state index in [1.54, 1.807) is 19.4 Å². The van der Waals surface area contributed by atoms with Gasteiger partial charge in [0.05, 0.1) is 29.0 Å². The van der Waals surface area contributed by atoms with Gasteiger partial charge >= 0.3 is 6.01 Å². The van der Waals surface area contributed by atoms with Crippen LogP contribution in [-0.2, 0) is 0 Å². The minimum Gasteiger partial charge on any atom is -0.421 e. The number of benzene rings is 1. The van der Waals surface area contributed by atoms with E-state index in [0.717, 1.165) is 42.2 Å². The average molecular weight is 505 g/mol. The third-order valence-corrected chi connectivity index (χ3v) is 7.90. The standard InChI is InChI=1S/C25H29FN10O/c1-24(28)10-36(11-24)22-30-8-14(9-31-22)37-23-33-20-18(15-5-13(26)6-16(29-2)19(15)32-20)21(34-23)35-4-3-25(12-35)7-17(25)27/h5-6,8-9,17,29H,3-4,7,10-12,27-28H2,1-2H3,(H,32,33,34)/t17-,25?/m1/s1. The summed E-state index contributed by atoms with van der Waals surface area (Å²) >= 11 is 0. The van der Waals surface area contributed by atoms with Crippen molar-refractivity contribution in [1.82, 2.24) is 24.9 Å². The van der Waals surface area contributed by atoms with Gasteiger partial charge in [0.2, 0.25) is 5.95 Å². The smallest absolute Gasteiger partial charge is 0.326 e. The minimum atomic E-state index is -0.333. The van der Waals surface area contributed by atoms with Crippen molar-refractivity contribution in [2.75, 3.05) is 48.3 Å². The molecule has 3 aromatic heterocycles. The highest BCUT2D eigenvalue weighted by molar-refractivity contribution is 6.14. The van der Waals surface area contributed by atoms with Crippen LogP contribution in [0.3, 0.4) is 0 Å². The molecule has 1 aromatic carbocycles. The molecule has 0 amide bonds. The lowest BCUT2D eigenvalue weighted by molar-refractivity contribution is 0.359. The summed E-state index contributed by atoms with van der Waals surface area (Å²) < 4.78 is 20.6. The first-order valence-corrected chi connectivity index (χ1v) is 12.5. The predicted octanol–water partition coefficient (Wildman–Crippen LogP) is 2.34. The topological polar surface area (TPSA) is 147 Å². The van der Waals surface area contributed by atoms with Crippen molar-refractivity contribution in [3.8, 4) is 11.8 Å². The molecule has 3 fully saturated rings. The lowest BCUT2D eigenvalue weighted by atomic mass is 9.94. The van der Waals surface area contributed by atoms with E-state index in [1.807, 2.05) is 11.8 Å². The Kier molecular flexibility index (Phi) is 4.62. The number of aromatic amines is 1. The first kappa shape index (κ1) is 22.4. The molecule has 1 spiro atoms. The van der Waals surface area contributed by atoms with Gasteiger partial charge in [-0.05, 0) is 31.9 Å². The van der Waals surface area contributed by atoms with Crippen LogP contribution in [0.2, 0.25) is 0 Å². The van der Waals surface area contributed by atoms with E-state index in [9.17, 15) is 4.39 Å². The van der Waals surface area contributed by atoms with Crippen molar-refractivity contribution >= 4 is 39.4 Å². The molecule has 4 aromatic rings. The molecule has 1 saturated carbocycles. The number of anilines is 3. The summed E-state index contributed by atoms with van der Waals surface area (Å²) in [4.78, 5) is 25.9. The fraction of sp³-hybridized carbons (Fsp3) is 0.440. The zero-order valence-corrected chi connectivity index (χ0v) is 20.8. The fourth-order valence-electron chi connectivity index (χ4n) is 5.82. The highest BCUT2D eigenvalue weighted by Gasteiger charge is 2.56. The Morgan fingerprint density at radius 1 is 1.16 bits per heavy atom.